The molecule has 0 aliphatic heterocycles. The molecule has 0 spiro atoms. The van der Waals surface area contributed by atoms with Crippen LogP contribution in [0.3, 0.4) is 0 Å². The Balaban J connectivity index is 1.68. The molecular formula is C29H46O4. The summed E-state index contributed by atoms with van der Waals surface area (Å²) in [4.78, 5) is 24.1. The van der Waals surface area contributed by atoms with Gasteiger partial charge in [-0.15, -0.1) is 0 Å². The maximum Gasteiger partial charge on any atom is 0.159 e. The summed E-state index contributed by atoms with van der Waals surface area (Å²) in [6.07, 6.45) is 25.9. The van der Waals surface area contributed by atoms with Gasteiger partial charge in [0.15, 0.2) is 11.6 Å². The van der Waals surface area contributed by atoms with Crippen LogP contribution in [-0.4, -0.2) is 36.0 Å². The van der Waals surface area contributed by atoms with Crippen molar-refractivity contribution < 1.29 is 19.4 Å². The van der Waals surface area contributed by atoms with Crippen LogP contribution >= 0.6 is 0 Å². The number of hydrogen-bond donors (Lipinski definition) is 1. The van der Waals surface area contributed by atoms with E-state index >= 15 is 0 Å². The molecule has 0 bridgehead atoms. The number of carbonyl (C=O) groups is 2. The summed E-state index contributed by atoms with van der Waals surface area (Å²) in [6.45, 7) is 4.79. The molecule has 0 aromatic rings. The van der Waals surface area contributed by atoms with Crippen molar-refractivity contribution in [2.24, 2.45) is 17.3 Å². The van der Waals surface area contributed by atoms with Crippen LogP contribution in [-0.2, 0) is 14.3 Å². The van der Waals surface area contributed by atoms with Crippen LogP contribution in [0.2, 0.25) is 0 Å². The van der Waals surface area contributed by atoms with E-state index in [9.17, 15) is 14.7 Å². The van der Waals surface area contributed by atoms with Gasteiger partial charge in [0.05, 0.1) is 6.10 Å². The fourth-order valence-electron chi connectivity index (χ4n) is 4.95. The SMILES string of the molecule is CCCOCC(=O)CCCC=CC[C@H]1C(=O)C=C[C@@H]1C=CCC1(CCCCC(C)O)CCC1. The molecule has 0 aromatic carbocycles. The van der Waals surface area contributed by atoms with E-state index in [2.05, 4.69) is 30.4 Å². The zero-order valence-electron chi connectivity index (χ0n) is 21.0. The fourth-order valence-corrected chi connectivity index (χ4v) is 4.95. The summed E-state index contributed by atoms with van der Waals surface area (Å²) in [7, 11) is 0. The van der Waals surface area contributed by atoms with Crippen molar-refractivity contribution in [2.45, 2.75) is 103 Å². The molecule has 2 aliphatic carbocycles. The average molecular weight is 459 g/mol. The van der Waals surface area contributed by atoms with E-state index in [0.717, 1.165) is 44.9 Å². The minimum Gasteiger partial charge on any atom is -0.393 e. The third-order valence-corrected chi connectivity index (χ3v) is 7.21. The molecule has 0 aromatic heterocycles. The zero-order valence-corrected chi connectivity index (χ0v) is 21.0. The lowest BCUT2D eigenvalue weighted by atomic mass is 9.64. The summed E-state index contributed by atoms with van der Waals surface area (Å²) in [5.74, 6) is 0.621. The Labute approximate surface area is 201 Å². The molecule has 0 heterocycles. The van der Waals surface area contributed by atoms with E-state index in [-0.39, 0.29) is 36.1 Å². The van der Waals surface area contributed by atoms with E-state index in [4.69, 9.17) is 4.74 Å². The second-order valence-electron chi connectivity index (χ2n) is 10.2. The molecule has 1 saturated carbocycles. The number of ether oxygens (including phenoxy) is 1. The van der Waals surface area contributed by atoms with Crippen molar-refractivity contribution in [1.82, 2.24) is 0 Å². The minimum atomic E-state index is -0.187. The minimum absolute atomic E-state index is 0.0185. The summed E-state index contributed by atoms with van der Waals surface area (Å²) in [6, 6.07) is 0. The van der Waals surface area contributed by atoms with Gasteiger partial charge in [0.1, 0.15) is 6.61 Å². The number of unbranched alkanes of at least 4 members (excludes halogenated alkanes) is 2. The van der Waals surface area contributed by atoms with Crippen molar-refractivity contribution in [2.75, 3.05) is 13.2 Å². The number of hydrogen-bond acceptors (Lipinski definition) is 4. The van der Waals surface area contributed by atoms with Crippen molar-refractivity contribution in [3.8, 4) is 0 Å². The summed E-state index contributed by atoms with van der Waals surface area (Å²) >= 11 is 0. The van der Waals surface area contributed by atoms with E-state index < -0.39 is 0 Å². The van der Waals surface area contributed by atoms with Crippen LogP contribution in [0.25, 0.3) is 0 Å². The number of carbonyl (C=O) groups excluding carboxylic acids is 2. The molecule has 1 unspecified atom stereocenters. The Hall–Kier alpha value is -1.52. The van der Waals surface area contributed by atoms with Gasteiger partial charge >= 0.3 is 0 Å². The second kappa shape index (κ2) is 15.4. The van der Waals surface area contributed by atoms with Gasteiger partial charge in [-0.05, 0) is 76.2 Å². The van der Waals surface area contributed by atoms with Gasteiger partial charge in [-0.25, -0.2) is 0 Å². The molecule has 3 atom stereocenters. The number of ketones is 2. The van der Waals surface area contributed by atoms with Crippen LogP contribution in [0, 0.1) is 17.3 Å². The molecule has 2 rings (SSSR count). The Morgan fingerprint density at radius 3 is 2.76 bits per heavy atom. The predicted molar refractivity (Wildman–Crippen MR) is 135 cm³/mol. The lowest BCUT2D eigenvalue weighted by Crippen LogP contribution is -2.28. The lowest BCUT2D eigenvalue weighted by molar-refractivity contribution is -0.123. The topological polar surface area (TPSA) is 63.6 Å². The van der Waals surface area contributed by atoms with E-state index in [1.165, 1.54) is 32.1 Å². The first-order valence-corrected chi connectivity index (χ1v) is 13.3. The second-order valence-corrected chi connectivity index (χ2v) is 10.2. The molecule has 0 amide bonds. The van der Waals surface area contributed by atoms with E-state index in [1.54, 1.807) is 6.08 Å². The van der Waals surface area contributed by atoms with Gasteiger partial charge in [0, 0.05) is 24.9 Å². The van der Waals surface area contributed by atoms with E-state index in [0.29, 0.717) is 18.4 Å². The molecular weight excluding hydrogens is 412 g/mol. The molecule has 0 saturated heterocycles. The number of aliphatic hydroxyl groups is 1. The van der Waals surface area contributed by atoms with Gasteiger partial charge in [-0.1, -0.05) is 56.6 Å². The lowest BCUT2D eigenvalue weighted by Gasteiger charge is -2.42. The number of Topliss-reactive ketones (excluding diaryl/α,β-unsaturated/α-hetero) is 1. The van der Waals surface area contributed by atoms with Crippen LogP contribution < -0.4 is 0 Å². The van der Waals surface area contributed by atoms with Gasteiger partial charge in [0.2, 0.25) is 0 Å². The zero-order chi connectivity index (χ0) is 23.9. The first kappa shape index (κ1) is 27.7. The fraction of sp³-hybridized carbons (Fsp3) is 0.724. The van der Waals surface area contributed by atoms with Crippen LogP contribution in [0.15, 0.2) is 36.5 Å². The van der Waals surface area contributed by atoms with Crippen LogP contribution in [0.1, 0.15) is 97.3 Å². The van der Waals surface area contributed by atoms with Crippen molar-refractivity contribution in [3.63, 3.8) is 0 Å². The van der Waals surface area contributed by atoms with Gasteiger partial charge in [-0.3, -0.25) is 9.59 Å². The molecule has 33 heavy (non-hydrogen) atoms. The number of allylic oxidation sites excluding steroid dienone is 6. The Kier molecular flexibility index (Phi) is 12.9. The van der Waals surface area contributed by atoms with Crippen LogP contribution in [0.4, 0.5) is 0 Å². The Bertz CT molecular complexity index is 669. The van der Waals surface area contributed by atoms with Crippen LogP contribution in [0.5, 0.6) is 0 Å². The largest absolute Gasteiger partial charge is 0.393 e. The van der Waals surface area contributed by atoms with Crippen molar-refractivity contribution >= 4 is 11.6 Å². The van der Waals surface area contributed by atoms with Gasteiger partial charge in [-0.2, -0.15) is 0 Å². The summed E-state index contributed by atoms with van der Waals surface area (Å²) < 4.78 is 5.28. The average Bonchev–Trinajstić information content (AvgIpc) is 3.10. The van der Waals surface area contributed by atoms with Crippen molar-refractivity contribution in [1.29, 1.82) is 0 Å². The number of rotatable bonds is 18. The molecule has 2 aliphatic rings. The highest BCUT2D eigenvalue weighted by atomic mass is 16.5. The quantitative estimate of drug-likeness (QED) is 0.187. The molecule has 1 N–H and O–H groups in total. The predicted octanol–water partition coefficient (Wildman–Crippen LogP) is 6.53. The maximum atomic E-state index is 12.3. The molecule has 4 heteroatoms. The first-order valence-electron chi connectivity index (χ1n) is 13.3. The number of aliphatic hydroxyl groups excluding tert-OH is 1. The normalized spacial score (nSPS) is 22.9. The molecule has 186 valence electrons. The standard InChI is InChI=1S/C29H46O4/c1-3-22-33-23-26(31)14-6-4-5-7-15-27-25(16-17-28(27)32)13-10-19-29(20-11-21-29)18-9-8-12-24(2)30/h5,7,10,13,16-17,24-25,27,30H,3-4,6,8-9,11-12,14-15,18-23H2,1-2H3/t24?,25-,27+/m0/s1. The molecule has 0 radical (unpaired) electrons. The Morgan fingerprint density at radius 2 is 2.06 bits per heavy atom. The maximum absolute atomic E-state index is 12.3. The molecule has 1 fully saturated rings. The highest BCUT2D eigenvalue weighted by Crippen LogP contribution is 2.48. The highest BCUT2D eigenvalue weighted by Gasteiger charge is 2.35. The third-order valence-electron chi connectivity index (χ3n) is 7.21. The van der Waals surface area contributed by atoms with Gasteiger partial charge < -0.3 is 9.84 Å². The summed E-state index contributed by atoms with van der Waals surface area (Å²) in [5, 5.41) is 9.46. The Morgan fingerprint density at radius 1 is 1.24 bits per heavy atom. The third kappa shape index (κ3) is 10.5. The van der Waals surface area contributed by atoms with Gasteiger partial charge in [0.25, 0.3) is 0 Å². The van der Waals surface area contributed by atoms with E-state index in [1.807, 2.05) is 13.8 Å². The first-order chi connectivity index (χ1) is 16.0. The highest BCUT2D eigenvalue weighted by molar-refractivity contribution is 5.95. The summed E-state index contributed by atoms with van der Waals surface area (Å²) in [5.41, 5.74) is 0.454. The monoisotopic (exact) mass is 458 g/mol. The van der Waals surface area contributed by atoms with Crippen molar-refractivity contribution in [3.05, 3.63) is 36.5 Å². The smallest absolute Gasteiger partial charge is 0.159 e. The molecule has 4 nitrogen and oxygen atoms in total.